The van der Waals surface area contributed by atoms with Gasteiger partial charge in [-0.15, -0.1) is 0 Å². The Hall–Kier alpha value is -2.67. The van der Waals surface area contributed by atoms with Crippen LogP contribution in [0.25, 0.3) is 0 Å². The molecule has 0 radical (unpaired) electrons. The SMILES string of the molecule is CCC(C(=O)Nc1cnn(Cc2ccccc2F)c1)n1nc(C)c(Cl)c1C. The van der Waals surface area contributed by atoms with E-state index in [0.29, 0.717) is 28.4 Å². The molecule has 1 atom stereocenters. The summed E-state index contributed by atoms with van der Waals surface area (Å²) in [6.45, 7) is 5.84. The third kappa shape index (κ3) is 4.03. The molecule has 6 nitrogen and oxygen atoms in total. The van der Waals surface area contributed by atoms with Crippen LogP contribution in [0.15, 0.2) is 36.7 Å². The van der Waals surface area contributed by atoms with Crippen molar-refractivity contribution in [3.05, 3.63) is 64.5 Å². The highest BCUT2D eigenvalue weighted by atomic mass is 35.5. The molecule has 0 bridgehead atoms. The second-order valence-electron chi connectivity index (χ2n) is 6.36. The van der Waals surface area contributed by atoms with Gasteiger partial charge in [0.15, 0.2) is 0 Å². The predicted molar refractivity (Wildman–Crippen MR) is 102 cm³/mol. The molecule has 2 aromatic heterocycles. The Morgan fingerprint density at radius 2 is 2.07 bits per heavy atom. The van der Waals surface area contributed by atoms with Gasteiger partial charge in [0.05, 0.1) is 34.8 Å². The molecule has 2 heterocycles. The maximum Gasteiger partial charge on any atom is 0.249 e. The lowest BCUT2D eigenvalue weighted by Gasteiger charge is -2.16. The molecule has 27 heavy (non-hydrogen) atoms. The first-order chi connectivity index (χ1) is 12.9. The number of anilines is 1. The minimum absolute atomic E-state index is 0.204. The van der Waals surface area contributed by atoms with E-state index in [4.69, 9.17) is 11.6 Å². The number of carbonyl (C=O) groups is 1. The van der Waals surface area contributed by atoms with Gasteiger partial charge in [0.1, 0.15) is 11.9 Å². The van der Waals surface area contributed by atoms with Crippen LogP contribution in [0.5, 0.6) is 0 Å². The molecule has 1 unspecified atom stereocenters. The predicted octanol–water partition coefficient (Wildman–Crippen LogP) is 4.13. The number of aromatic nitrogens is 4. The number of benzene rings is 1. The van der Waals surface area contributed by atoms with E-state index >= 15 is 0 Å². The van der Waals surface area contributed by atoms with E-state index in [1.807, 2.05) is 20.8 Å². The Balaban J connectivity index is 1.73. The molecule has 1 amide bonds. The molecule has 1 aromatic carbocycles. The summed E-state index contributed by atoms with van der Waals surface area (Å²) >= 11 is 6.20. The molecule has 0 fully saturated rings. The average Bonchev–Trinajstić information content (AvgIpc) is 3.18. The molecule has 142 valence electrons. The third-order valence-corrected chi connectivity index (χ3v) is 4.96. The van der Waals surface area contributed by atoms with Crippen LogP contribution in [-0.4, -0.2) is 25.5 Å². The van der Waals surface area contributed by atoms with Crippen molar-refractivity contribution in [2.75, 3.05) is 5.32 Å². The van der Waals surface area contributed by atoms with Crippen molar-refractivity contribution in [3.63, 3.8) is 0 Å². The van der Waals surface area contributed by atoms with E-state index in [0.717, 1.165) is 5.69 Å². The van der Waals surface area contributed by atoms with E-state index in [-0.39, 0.29) is 18.3 Å². The van der Waals surface area contributed by atoms with Gasteiger partial charge in [-0.25, -0.2) is 4.39 Å². The highest BCUT2D eigenvalue weighted by Gasteiger charge is 2.23. The van der Waals surface area contributed by atoms with Gasteiger partial charge in [-0.1, -0.05) is 36.7 Å². The van der Waals surface area contributed by atoms with Crippen LogP contribution in [0.2, 0.25) is 5.02 Å². The summed E-state index contributed by atoms with van der Waals surface area (Å²) in [5.41, 5.74) is 2.52. The van der Waals surface area contributed by atoms with Crippen LogP contribution in [-0.2, 0) is 11.3 Å². The Bertz CT molecular complexity index is 965. The van der Waals surface area contributed by atoms with Gasteiger partial charge in [-0.05, 0) is 26.3 Å². The van der Waals surface area contributed by atoms with E-state index in [9.17, 15) is 9.18 Å². The fourth-order valence-electron chi connectivity index (χ4n) is 2.96. The highest BCUT2D eigenvalue weighted by molar-refractivity contribution is 6.31. The zero-order valence-corrected chi connectivity index (χ0v) is 16.2. The van der Waals surface area contributed by atoms with Crippen LogP contribution in [0.4, 0.5) is 10.1 Å². The Labute approximate surface area is 161 Å². The number of nitrogens with one attached hydrogen (secondary N) is 1. The van der Waals surface area contributed by atoms with Crippen LogP contribution in [0.3, 0.4) is 0 Å². The minimum Gasteiger partial charge on any atom is -0.322 e. The number of halogens is 2. The molecule has 0 aliphatic heterocycles. The van der Waals surface area contributed by atoms with Gasteiger partial charge in [-0.3, -0.25) is 14.2 Å². The molecule has 8 heteroatoms. The van der Waals surface area contributed by atoms with Crippen molar-refractivity contribution >= 4 is 23.2 Å². The smallest absolute Gasteiger partial charge is 0.249 e. The topological polar surface area (TPSA) is 64.7 Å². The molecule has 3 aromatic rings. The fraction of sp³-hybridized carbons (Fsp3) is 0.316. The summed E-state index contributed by atoms with van der Waals surface area (Å²) < 4.78 is 17.0. The first-order valence-electron chi connectivity index (χ1n) is 8.68. The van der Waals surface area contributed by atoms with Crippen LogP contribution >= 0.6 is 11.6 Å². The van der Waals surface area contributed by atoms with Crippen LogP contribution in [0, 0.1) is 19.7 Å². The zero-order valence-electron chi connectivity index (χ0n) is 15.4. The van der Waals surface area contributed by atoms with Gasteiger partial charge in [0.2, 0.25) is 5.91 Å². The third-order valence-electron chi connectivity index (χ3n) is 4.41. The normalized spacial score (nSPS) is 12.2. The van der Waals surface area contributed by atoms with E-state index < -0.39 is 6.04 Å². The van der Waals surface area contributed by atoms with Crippen molar-refractivity contribution in [2.24, 2.45) is 0 Å². The molecule has 3 rings (SSSR count). The van der Waals surface area contributed by atoms with Crippen LogP contribution in [0.1, 0.15) is 36.3 Å². The summed E-state index contributed by atoms with van der Waals surface area (Å²) in [5.74, 6) is -0.490. The molecular formula is C19H21ClFN5O. The average molecular weight is 390 g/mol. The van der Waals surface area contributed by atoms with Crippen molar-refractivity contribution < 1.29 is 9.18 Å². The Morgan fingerprint density at radius 3 is 2.70 bits per heavy atom. The molecule has 0 aliphatic rings. The molecule has 0 saturated carbocycles. The van der Waals surface area contributed by atoms with Crippen LogP contribution < -0.4 is 5.32 Å². The lowest BCUT2D eigenvalue weighted by atomic mass is 10.2. The first-order valence-corrected chi connectivity index (χ1v) is 9.06. The zero-order chi connectivity index (χ0) is 19.6. The van der Waals surface area contributed by atoms with Gasteiger partial charge in [0.25, 0.3) is 0 Å². The summed E-state index contributed by atoms with van der Waals surface area (Å²) in [6.07, 6.45) is 3.78. The first kappa shape index (κ1) is 19.1. The summed E-state index contributed by atoms with van der Waals surface area (Å²) in [6, 6.07) is 6.05. The van der Waals surface area contributed by atoms with Gasteiger partial charge in [-0.2, -0.15) is 10.2 Å². The second-order valence-corrected chi connectivity index (χ2v) is 6.74. The van der Waals surface area contributed by atoms with Crippen molar-refractivity contribution in [1.82, 2.24) is 19.6 Å². The molecule has 0 aliphatic carbocycles. The van der Waals surface area contributed by atoms with E-state index in [2.05, 4.69) is 15.5 Å². The number of aryl methyl sites for hydroxylation is 1. The molecular weight excluding hydrogens is 369 g/mol. The van der Waals surface area contributed by atoms with Gasteiger partial charge >= 0.3 is 0 Å². The number of nitrogens with zero attached hydrogens (tertiary/aromatic N) is 4. The van der Waals surface area contributed by atoms with E-state index in [1.54, 1.807) is 40.0 Å². The second kappa shape index (κ2) is 7.92. The number of amides is 1. The Kier molecular flexibility index (Phi) is 5.60. The molecule has 0 spiro atoms. The van der Waals surface area contributed by atoms with Gasteiger partial charge in [0, 0.05) is 11.8 Å². The maximum absolute atomic E-state index is 13.8. The lowest BCUT2D eigenvalue weighted by molar-refractivity contribution is -0.119. The summed E-state index contributed by atoms with van der Waals surface area (Å²) in [4.78, 5) is 12.7. The lowest BCUT2D eigenvalue weighted by Crippen LogP contribution is -2.27. The standard InChI is InChI=1S/C19H21ClFN5O/c1-4-17(26-13(3)18(20)12(2)24-26)19(27)23-15-9-22-25(11-15)10-14-7-5-6-8-16(14)21/h5-9,11,17H,4,10H2,1-3H3,(H,23,27). The monoisotopic (exact) mass is 389 g/mol. The number of carbonyl (C=O) groups excluding carboxylic acids is 1. The summed E-state index contributed by atoms with van der Waals surface area (Å²) in [7, 11) is 0. The number of rotatable bonds is 6. The van der Waals surface area contributed by atoms with Gasteiger partial charge < -0.3 is 5.32 Å². The summed E-state index contributed by atoms with van der Waals surface area (Å²) in [5, 5.41) is 12.0. The largest absolute Gasteiger partial charge is 0.322 e. The highest BCUT2D eigenvalue weighted by Crippen LogP contribution is 2.24. The fourth-order valence-corrected chi connectivity index (χ4v) is 3.08. The quantitative estimate of drug-likeness (QED) is 0.689. The van der Waals surface area contributed by atoms with Crippen molar-refractivity contribution in [3.8, 4) is 0 Å². The van der Waals surface area contributed by atoms with Crippen molar-refractivity contribution in [2.45, 2.75) is 39.8 Å². The molecule has 0 saturated heterocycles. The Morgan fingerprint density at radius 1 is 1.33 bits per heavy atom. The maximum atomic E-state index is 13.8. The van der Waals surface area contributed by atoms with E-state index in [1.165, 1.54) is 6.07 Å². The van der Waals surface area contributed by atoms with Crippen molar-refractivity contribution in [1.29, 1.82) is 0 Å². The number of hydrogen-bond donors (Lipinski definition) is 1. The minimum atomic E-state index is -0.480. The molecule has 1 N–H and O–H groups in total. The number of hydrogen-bond acceptors (Lipinski definition) is 3.